The fourth-order valence-corrected chi connectivity index (χ4v) is 3.49. The number of benzene rings is 3. The molecular formula is C28H25F7N2O4. The summed E-state index contributed by atoms with van der Waals surface area (Å²) in [7, 11) is 0. The Kier molecular flexibility index (Phi) is 10.1. The second kappa shape index (κ2) is 13.3. The molecule has 0 radical (unpaired) electrons. The topological polar surface area (TPSA) is 96.8 Å². The van der Waals surface area contributed by atoms with E-state index in [-0.39, 0.29) is 6.61 Å². The molecule has 0 amide bonds. The molecular weight excluding hydrogens is 561 g/mol. The van der Waals surface area contributed by atoms with Crippen LogP contribution in [0.5, 0.6) is 11.5 Å². The highest BCUT2D eigenvalue weighted by atomic mass is 19.4. The summed E-state index contributed by atoms with van der Waals surface area (Å²) in [6, 6.07) is 11.1. The van der Waals surface area contributed by atoms with Gasteiger partial charge in [-0.25, -0.2) is 9.18 Å². The van der Waals surface area contributed by atoms with Crippen molar-refractivity contribution < 1.29 is 49.7 Å². The van der Waals surface area contributed by atoms with Crippen molar-refractivity contribution in [3.63, 3.8) is 0 Å². The number of esters is 1. The molecule has 6 nitrogen and oxygen atoms in total. The van der Waals surface area contributed by atoms with Crippen molar-refractivity contribution in [3.8, 4) is 11.5 Å². The number of nitrogen functional groups attached to an aromatic ring is 2. The second-order valence-electron chi connectivity index (χ2n) is 8.70. The maximum atomic E-state index is 14.6. The number of hydrogen-bond acceptors (Lipinski definition) is 6. The van der Waals surface area contributed by atoms with Gasteiger partial charge in [0.1, 0.15) is 11.3 Å². The van der Waals surface area contributed by atoms with Crippen LogP contribution in [0.15, 0.2) is 60.7 Å². The molecule has 41 heavy (non-hydrogen) atoms. The number of nitrogens with two attached hydrogens (primary N) is 2. The van der Waals surface area contributed by atoms with E-state index < -0.39 is 66.4 Å². The minimum atomic E-state index is -4.45. The molecule has 0 unspecified atom stereocenters. The lowest BCUT2D eigenvalue weighted by molar-refractivity contribution is -0.187. The van der Waals surface area contributed by atoms with Crippen LogP contribution in [0.1, 0.15) is 29.5 Å². The van der Waals surface area contributed by atoms with E-state index in [0.29, 0.717) is 35.5 Å². The summed E-state index contributed by atoms with van der Waals surface area (Å²) in [5.41, 5.74) is 12.2. The second-order valence-corrected chi connectivity index (χ2v) is 8.70. The molecule has 0 fully saturated rings. The fraction of sp³-hybridized carbons (Fsp3) is 0.250. The Labute approximate surface area is 230 Å². The van der Waals surface area contributed by atoms with E-state index in [1.165, 1.54) is 18.2 Å². The molecule has 3 aromatic rings. The molecule has 0 saturated carbocycles. The third-order valence-corrected chi connectivity index (χ3v) is 5.55. The number of anilines is 2. The van der Waals surface area contributed by atoms with E-state index in [9.17, 15) is 35.5 Å². The van der Waals surface area contributed by atoms with Gasteiger partial charge < -0.3 is 25.7 Å². The van der Waals surface area contributed by atoms with E-state index in [1.807, 2.05) is 0 Å². The van der Waals surface area contributed by atoms with Crippen LogP contribution in [-0.2, 0) is 22.1 Å². The number of rotatable bonds is 12. The van der Waals surface area contributed by atoms with Crippen LogP contribution in [0.2, 0.25) is 0 Å². The van der Waals surface area contributed by atoms with Gasteiger partial charge >= 0.3 is 18.3 Å². The van der Waals surface area contributed by atoms with Crippen LogP contribution in [0, 0.1) is 11.6 Å². The Morgan fingerprint density at radius 1 is 0.878 bits per heavy atom. The summed E-state index contributed by atoms with van der Waals surface area (Å²) >= 11 is 0. The third kappa shape index (κ3) is 9.33. The zero-order valence-corrected chi connectivity index (χ0v) is 21.3. The first-order chi connectivity index (χ1) is 19.2. The SMILES string of the molecule is Nc1ccc(CCOC(=O)/C=C/c2ccc(OC(F)(F)c3ccc(OCCCC(F)(F)F)c(F)c3F)cc2)c(N)c1. The lowest BCUT2D eigenvalue weighted by Gasteiger charge is -2.20. The summed E-state index contributed by atoms with van der Waals surface area (Å²) in [6.45, 7) is -0.541. The van der Waals surface area contributed by atoms with Gasteiger partial charge in [0.2, 0.25) is 5.82 Å². The summed E-state index contributed by atoms with van der Waals surface area (Å²) in [5, 5.41) is 0. The van der Waals surface area contributed by atoms with E-state index in [0.717, 1.165) is 23.8 Å². The van der Waals surface area contributed by atoms with Gasteiger partial charge in [0.05, 0.1) is 13.2 Å². The normalized spacial score (nSPS) is 12.0. The van der Waals surface area contributed by atoms with Gasteiger partial charge in [0.15, 0.2) is 11.6 Å². The number of halogens is 7. The van der Waals surface area contributed by atoms with Gasteiger partial charge in [0, 0.05) is 30.3 Å². The van der Waals surface area contributed by atoms with Crippen LogP contribution < -0.4 is 20.9 Å². The molecule has 0 atom stereocenters. The largest absolute Gasteiger partial charge is 0.490 e. The first-order valence-electron chi connectivity index (χ1n) is 12.1. The van der Waals surface area contributed by atoms with Crippen LogP contribution in [-0.4, -0.2) is 25.4 Å². The molecule has 3 rings (SSSR count). The van der Waals surface area contributed by atoms with Crippen molar-refractivity contribution in [1.82, 2.24) is 0 Å². The molecule has 0 aliphatic heterocycles. The summed E-state index contributed by atoms with van der Waals surface area (Å²) in [5.74, 6) is -5.63. The van der Waals surface area contributed by atoms with Crippen molar-refractivity contribution in [2.75, 3.05) is 24.7 Å². The van der Waals surface area contributed by atoms with Crippen LogP contribution in [0.4, 0.5) is 42.1 Å². The quantitative estimate of drug-likeness (QED) is 0.0799. The molecule has 0 aliphatic rings. The van der Waals surface area contributed by atoms with Crippen LogP contribution >= 0.6 is 0 Å². The van der Waals surface area contributed by atoms with E-state index in [4.69, 9.17) is 20.9 Å². The number of alkyl halides is 5. The zero-order valence-electron chi connectivity index (χ0n) is 21.3. The lowest BCUT2D eigenvalue weighted by Crippen LogP contribution is -2.24. The lowest BCUT2D eigenvalue weighted by atomic mass is 10.1. The average molecular weight is 587 g/mol. The molecule has 0 bridgehead atoms. The molecule has 220 valence electrons. The summed E-state index contributed by atoms with van der Waals surface area (Å²) in [6.07, 6.45) is -7.64. The maximum absolute atomic E-state index is 14.6. The van der Waals surface area contributed by atoms with Crippen LogP contribution in [0.25, 0.3) is 6.08 Å². The smallest absolute Gasteiger partial charge is 0.429 e. The number of carbonyl (C=O) groups is 1. The summed E-state index contributed by atoms with van der Waals surface area (Å²) < 4.78 is 109. The summed E-state index contributed by atoms with van der Waals surface area (Å²) in [4.78, 5) is 11.9. The first kappa shape index (κ1) is 31.1. The minimum absolute atomic E-state index is 0.0570. The highest BCUT2D eigenvalue weighted by Crippen LogP contribution is 2.36. The number of ether oxygens (including phenoxy) is 3. The van der Waals surface area contributed by atoms with Gasteiger partial charge in [-0.2, -0.15) is 26.3 Å². The Bertz CT molecular complexity index is 1380. The fourth-order valence-electron chi connectivity index (χ4n) is 3.49. The maximum Gasteiger partial charge on any atom is 0.429 e. The Hall–Kier alpha value is -4.42. The number of hydrogen-bond donors (Lipinski definition) is 2. The predicted molar refractivity (Wildman–Crippen MR) is 137 cm³/mol. The average Bonchev–Trinajstić information content (AvgIpc) is 2.89. The van der Waals surface area contributed by atoms with Crippen LogP contribution in [0.3, 0.4) is 0 Å². The molecule has 0 aliphatic carbocycles. The van der Waals surface area contributed by atoms with Crippen molar-refractivity contribution in [3.05, 3.63) is 89.0 Å². The monoisotopic (exact) mass is 586 g/mol. The minimum Gasteiger partial charge on any atom is -0.490 e. The predicted octanol–water partition coefficient (Wildman–Crippen LogP) is 6.78. The van der Waals surface area contributed by atoms with Crippen molar-refractivity contribution >= 4 is 23.4 Å². The van der Waals surface area contributed by atoms with Gasteiger partial charge in [-0.15, -0.1) is 0 Å². The van der Waals surface area contributed by atoms with Gasteiger partial charge in [-0.3, -0.25) is 0 Å². The third-order valence-electron chi connectivity index (χ3n) is 5.55. The molecule has 4 N–H and O–H groups in total. The van der Waals surface area contributed by atoms with E-state index in [2.05, 4.69) is 4.74 Å². The van der Waals surface area contributed by atoms with E-state index in [1.54, 1.807) is 18.2 Å². The highest BCUT2D eigenvalue weighted by Gasteiger charge is 2.39. The van der Waals surface area contributed by atoms with Gasteiger partial charge in [-0.05, 0) is 60.0 Å². The van der Waals surface area contributed by atoms with Crippen molar-refractivity contribution in [1.29, 1.82) is 0 Å². The zero-order chi connectivity index (χ0) is 30.2. The van der Waals surface area contributed by atoms with Crippen molar-refractivity contribution in [2.24, 2.45) is 0 Å². The van der Waals surface area contributed by atoms with E-state index >= 15 is 0 Å². The van der Waals surface area contributed by atoms with Crippen molar-refractivity contribution in [2.45, 2.75) is 31.5 Å². The molecule has 0 aromatic heterocycles. The molecule has 0 heterocycles. The molecule has 13 heteroatoms. The van der Waals surface area contributed by atoms with Gasteiger partial charge in [0.25, 0.3) is 0 Å². The number of carbonyl (C=O) groups excluding carboxylic acids is 1. The standard InChI is InChI=1S/C28H25F7N2O4/c29-25-21(9-10-23(26(25)30)39-14-1-13-27(31,32)33)28(34,35)41-20-7-2-17(3-8-20)4-11-24(38)40-15-12-18-5-6-19(36)16-22(18)37/h2-11,16H,1,12-15,36-37H2/b11-4+. The highest BCUT2D eigenvalue weighted by molar-refractivity contribution is 5.87. The molecule has 0 spiro atoms. The Balaban J connectivity index is 1.54. The van der Waals surface area contributed by atoms with Gasteiger partial charge in [-0.1, -0.05) is 18.2 Å². The Morgan fingerprint density at radius 2 is 1.59 bits per heavy atom. The molecule has 0 saturated heterocycles. The first-order valence-corrected chi connectivity index (χ1v) is 12.1. The molecule has 3 aromatic carbocycles. The Morgan fingerprint density at radius 3 is 2.24 bits per heavy atom.